The number of rotatable bonds is 3. The third-order valence-corrected chi connectivity index (χ3v) is 2.67. The number of nitrogens with one attached hydrogen (secondary N) is 1. The molecule has 0 bridgehead atoms. The highest BCUT2D eigenvalue weighted by atomic mass is 32.1. The molecule has 1 aromatic heterocycles. The maximum absolute atomic E-state index is 11.5. The van der Waals surface area contributed by atoms with Gasteiger partial charge in [0.15, 0.2) is 0 Å². The van der Waals surface area contributed by atoms with Gasteiger partial charge in [0.25, 0.3) is 5.91 Å². The van der Waals surface area contributed by atoms with E-state index in [1.807, 2.05) is 13.8 Å². The number of hydrogen-bond donors (Lipinski definition) is 2. The summed E-state index contributed by atoms with van der Waals surface area (Å²) in [5.41, 5.74) is 5.53. The Hall–Kier alpha value is -1.36. The van der Waals surface area contributed by atoms with Crippen LogP contribution in [0.15, 0.2) is 6.07 Å². The monoisotopic (exact) mass is 212 g/mol. The second-order valence-electron chi connectivity index (χ2n) is 2.98. The number of amides is 2. The Bertz CT molecular complexity index is 371. The third kappa shape index (κ3) is 2.56. The summed E-state index contributed by atoms with van der Waals surface area (Å²) in [4.78, 5) is 23.9. The molecular weight excluding hydrogens is 200 g/mol. The van der Waals surface area contributed by atoms with Crippen molar-refractivity contribution in [1.29, 1.82) is 0 Å². The highest BCUT2D eigenvalue weighted by molar-refractivity contribution is 7.12. The summed E-state index contributed by atoms with van der Waals surface area (Å²) >= 11 is 1.55. The summed E-state index contributed by atoms with van der Waals surface area (Å²) in [7, 11) is 0. The van der Waals surface area contributed by atoms with Crippen LogP contribution in [0.4, 0.5) is 0 Å². The molecule has 4 nitrogen and oxygen atoms in total. The normalized spacial score (nSPS) is 9.86. The highest BCUT2D eigenvalue weighted by Crippen LogP contribution is 2.20. The molecule has 0 saturated heterocycles. The van der Waals surface area contributed by atoms with Gasteiger partial charge in [-0.3, -0.25) is 9.59 Å². The van der Waals surface area contributed by atoms with E-state index in [0.29, 0.717) is 5.56 Å². The molecule has 0 atom stereocenters. The topological polar surface area (TPSA) is 72.2 Å². The molecule has 0 unspecified atom stereocenters. The average molecular weight is 212 g/mol. The highest BCUT2D eigenvalue weighted by Gasteiger charge is 2.11. The molecular formula is C9H12N2O2S. The van der Waals surface area contributed by atoms with E-state index < -0.39 is 5.91 Å². The zero-order valence-electron chi connectivity index (χ0n) is 8.09. The van der Waals surface area contributed by atoms with E-state index in [4.69, 9.17) is 5.73 Å². The first-order chi connectivity index (χ1) is 6.50. The molecule has 3 N–H and O–H groups in total. The number of primary amides is 1. The van der Waals surface area contributed by atoms with Gasteiger partial charge < -0.3 is 11.1 Å². The summed E-state index contributed by atoms with van der Waals surface area (Å²) in [5, 5.41) is 2.45. The van der Waals surface area contributed by atoms with Crippen LogP contribution in [-0.2, 0) is 4.79 Å². The Morgan fingerprint density at radius 2 is 2.14 bits per heavy atom. The summed E-state index contributed by atoms with van der Waals surface area (Å²) in [5.74, 6) is -0.784. The molecule has 2 amide bonds. The van der Waals surface area contributed by atoms with Crippen molar-refractivity contribution in [3.05, 3.63) is 21.4 Å². The largest absolute Gasteiger partial charge is 0.368 e. The number of thiophene rings is 1. The Balaban J connectivity index is 2.69. The average Bonchev–Trinajstić information content (AvgIpc) is 2.41. The molecule has 0 aliphatic heterocycles. The van der Waals surface area contributed by atoms with Crippen molar-refractivity contribution >= 4 is 23.2 Å². The lowest BCUT2D eigenvalue weighted by molar-refractivity contribution is -0.117. The Morgan fingerprint density at radius 3 is 2.57 bits per heavy atom. The summed E-state index contributed by atoms with van der Waals surface area (Å²) < 4.78 is 0. The SMILES string of the molecule is Cc1cc(C(=O)NCC(N)=O)c(C)s1. The fourth-order valence-electron chi connectivity index (χ4n) is 1.12. The molecule has 76 valence electrons. The second-order valence-corrected chi connectivity index (χ2v) is 4.44. The van der Waals surface area contributed by atoms with E-state index in [-0.39, 0.29) is 12.5 Å². The number of hydrogen-bond acceptors (Lipinski definition) is 3. The zero-order chi connectivity index (χ0) is 10.7. The fourth-order valence-corrected chi connectivity index (χ4v) is 2.04. The zero-order valence-corrected chi connectivity index (χ0v) is 8.90. The van der Waals surface area contributed by atoms with Gasteiger partial charge in [0.2, 0.25) is 5.91 Å². The van der Waals surface area contributed by atoms with Crippen molar-refractivity contribution in [2.75, 3.05) is 6.54 Å². The molecule has 0 radical (unpaired) electrons. The molecule has 0 aromatic carbocycles. The van der Waals surface area contributed by atoms with Crippen LogP contribution in [0.25, 0.3) is 0 Å². The second kappa shape index (κ2) is 4.23. The van der Waals surface area contributed by atoms with E-state index in [1.165, 1.54) is 0 Å². The summed E-state index contributed by atoms with van der Waals surface area (Å²) in [6.45, 7) is 3.69. The number of aryl methyl sites for hydroxylation is 2. The van der Waals surface area contributed by atoms with Gasteiger partial charge in [-0.25, -0.2) is 0 Å². The molecule has 1 aromatic rings. The minimum Gasteiger partial charge on any atom is -0.368 e. The van der Waals surface area contributed by atoms with Gasteiger partial charge in [0.1, 0.15) is 0 Å². The van der Waals surface area contributed by atoms with E-state index >= 15 is 0 Å². The van der Waals surface area contributed by atoms with Crippen molar-refractivity contribution in [3.8, 4) is 0 Å². The quantitative estimate of drug-likeness (QED) is 0.769. The van der Waals surface area contributed by atoms with Crippen LogP contribution in [0.1, 0.15) is 20.1 Å². The van der Waals surface area contributed by atoms with Gasteiger partial charge in [0.05, 0.1) is 12.1 Å². The maximum atomic E-state index is 11.5. The van der Waals surface area contributed by atoms with Gasteiger partial charge in [-0.15, -0.1) is 11.3 Å². The van der Waals surface area contributed by atoms with Crippen molar-refractivity contribution in [3.63, 3.8) is 0 Å². The molecule has 0 fully saturated rings. The van der Waals surface area contributed by atoms with Crippen LogP contribution in [0.2, 0.25) is 0 Å². The molecule has 14 heavy (non-hydrogen) atoms. The first-order valence-corrected chi connectivity index (χ1v) is 4.96. The number of carbonyl (C=O) groups is 2. The summed E-state index contributed by atoms with van der Waals surface area (Å²) in [6, 6.07) is 1.80. The van der Waals surface area contributed by atoms with Gasteiger partial charge in [-0.2, -0.15) is 0 Å². The van der Waals surface area contributed by atoms with Gasteiger partial charge in [0, 0.05) is 9.75 Å². The van der Waals surface area contributed by atoms with Crippen LogP contribution in [0, 0.1) is 13.8 Å². The lowest BCUT2D eigenvalue weighted by atomic mass is 10.2. The van der Waals surface area contributed by atoms with Crippen LogP contribution >= 0.6 is 11.3 Å². The van der Waals surface area contributed by atoms with E-state index in [1.54, 1.807) is 17.4 Å². The van der Waals surface area contributed by atoms with Crippen LogP contribution in [0.3, 0.4) is 0 Å². The molecule has 0 aliphatic carbocycles. The molecule has 5 heteroatoms. The first kappa shape index (κ1) is 10.7. The molecule has 0 aliphatic rings. The van der Waals surface area contributed by atoms with Crippen molar-refractivity contribution in [2.45, 2.75) is 13.8 Å². The van der Waals surface area contributed by atoms with Crippen molar-refractivity contribution in [2.24, 2.45) is 5.73 Å². The number of carbonyl (C=O) groups excluding carboxylic acids is 2. The van der Waals surface area contributed by atoms with Gasteiger partial charge >= 0.3 is 0 Å². The summed E-state index contributed by atoms with van der Waals surface area (Å²) in [6.07, 6.45) is 0. The number of nitrogens with two attached hydrogens (primary N) is 1. The molecule has 0 spiro atoms. The predicted octanol–water partition coefficient (Wildman–Crippen LogP) is 0.580. The van der Waals surface area contributed by atoms with Crippen LogP contribution in [0.5, 0.6) is 0 Å². The van der Waals surface area contributed by atoms with E-state index in [9.17, 15) is 9.59 Å². The Kier molecular flexibility index (Phi) is 3.24. The third-order valence-electron chi connectivity index (χ3n) is 1.71. The lowest BCUT2D eigenvalue weighted by Gasteiger charge is -2.00. The molecule has 1 rings (SSSR count). The Labute approximate surface area is 86.1 Å². The predicted molar refractivity (Wildman–Crippen MR) is 55.3 cm³/mol. The van der Waals surface area contributed by atoms with Crippen LogP contribution < -0.4 is 11.1 Å². The Morgan fingerprint density at radius 1 is 1.50 bits per heavy atom. The van der Waals surface area contributed by atoms with Crippen LogP contribution in [-0.4, -0.2) is 18.4 Å². The van der Waals surface area contributed by atoms with Crippen molar-refractivity contribution < 1.29 is 9.59 Å². The van der Waals surface area contributed by atoms with Gasteiger partial charge in [-0.05, 0) is 19.9 Å². The fraction of sp³-hybridized carbons (Fsp3) is 0.333. The lowest BCUT2D eigenvalue weighted by Crippen LogP contribution is -2.33. The molecule has 0 saturated carbocycles. The molecule has 1 heterocycles. The standard InChI is InChI=1S/C9H12N2O2S/c1-5-3-7(6(2)14-5)9(13)11-4-8(10)12/h3H,4H2,1-2H3,(H2,10,12)(H,11,13). The van der Waals surface area contributed by atoms with Crippen molar-refractivity contribution in [1.82, 2.24) is 5.32 Å². The van der Waals surface area contributed by atoms with Gasteiger partial charge in [-0.1, -0.05) is 0 Å². The minimum atomic E-state index is -0.539. The smallest absolute Gasteiger partial charge is 0.252 e. The maximum Gasteiger partial charge on any atom is 0.252 e. The first-order valence-electron chi connectivity index (χ1n) is 4.14. The van der Waals surface area contributed by atoms with E-state index in [0.717, 1.165) is 9.75 Å². The van der Waals surface area contributed by atoms with E-state index in [2.05, 4.69) is 5.32 Å². The minimum absolute atomic E-state index is 0.118.